The van der Waals surface area contributed by atoms with Gasteiger partial charge >= 0.3 is 0 Å². The number of nitrogens with zero attached hydrogens (tertiary/aromatic N) is 1. The average molecular weight is 449 g/mol. The number of fused-ring (bicyclic) bond motifs is 1. The van der Waals surface area contributed by atoms with Gasteiger partial charge in [0, 0.05) is 5.69 Å². The molecule has 168 valence electrons. The number of nitriles is 1. The van der Waals surface area contributed by atoms with Gasteiger partial charge in [-0.3, -0.25) is 4.79 Å². The van der Waals surface area contributed by atoms with Gasteiger partial charge in [0.2, 0.25) is 0 Å². The average Bonchev–Trinajstić information content (AvgIpc) is 2.86. The molecule has 4 aromatic carbocycles. The third-order valence-electron chi connectivity index (χ3n) is 5.40. The van der Waals surface area contributed by atoms with Crippen molar-refractivity contribution in [3.63, 3.8) is 0 Å². The number of amides is 1. The number of methoxy groups -OCH3 is 1. The van der Waals surface area contributed by atoms with Crippen LogP contribution in [0.5, 0.6) is 11.5 Å². The van der Waals surface area contributed by atoms with E-state index in [1.54, 1.807) is 31.4 Å². The fourth-order valence-electron chi connectivity index (χ4n) is 3.70. The second kappa shape index (κ2) is 10.4. The number of ether oxygens (including phenoxy) is 2. The van der Waals surface area contributed by atoms with E-state index in [0.717, 1.165) is 21.9 Å². The Kier molecular flexibility index (Phi) is 6.90. The van der Waals surface area contributed by atoms with E-state index in [1.807, 2.05) is 55.5 Å². The molecule has 0 heterocycles. The van der Waals surface area contributed by atoms with Crippen molar-refractivity contribution in [2.75, 3.05) is 12.4 Å². The molecular formula is C29H24N2O3. The van der Waals surface area contributed by atoms with Crippen LogP contribution in [0.15, 0.2) is 90.5 Å². The van der Waals surface area contributed by atoms with Crippen molar-refractivity contribution in [1.82, 2.24) is 0 Å². The topological polar surface area (TPSA) is 71.3 Å². The lowest BCUT2D eigenvalue weighted by atomic mass is 10.1. The van der Waals surface area contributed by atoms with Crippen LogP contribution in [0.3, 0.4) is 0 Å². The van der Waals surface area contributed by atoms with Crippen LogP contribution in [-0.4, -0.2) is 13.0 Å². The molecule has 0 radical (unpaired) electrons. The second-order valence-electron chi connectivity index (χ2n) is 7.83. The molecule has 0 aliphatic heterocycles. The molecule has 4 aromatic rings. The van der Waals surface area contributed by atoms with Crippen LogP contribution in [0.4, 0.5) is 5.69 Å². The SMILES string of the molecule is COc1cc(/C=C(/C#N)C(=O)Nc2cccc(C)c2)ccc1OCc1cccc2ccccc12. The number of carbonyl (C=O) groups excluding carboxylic acids is 1. The lowest BCUT2D eigenvalue weighted by Gasteiger charge is -2.13. The zero-order chi connectivity index (χ0) is 23.9. The van der Waals surface area contributed by atoms with Crippen molar-refractivity contribution in [3.05, 3.63) is 107 Å². The van der Waals surface area contributed by atoms with E-state index in [2.05, 4.69) is 23.5 Å². The molecular weight excluding hydrogens is 424 g/mol. The third kappa shape index (κ3) is 5.25. The Morgan fingerprint density at radius 3 is 2.56 bits per heavy atom. The van der Waals surface area contributed by atoms with Crippen LogP contribution >= 0.6 is 0 Å². The summed E-state index contributed by atoms with van der Waals surface area (Å²) in [5.41, 5.74) is 3.38. The Labute approximate surface area is 198 Å². The molecule has 0 unspecified atom stereocenters. The molecule has 1 N–H and O–H groups in total. The van der Waals surface area contributed by atoms with E-state index in [1.165, 1.54) is 6.08 Å². The second-order valence-corrected chi connectivity index (χ2v) is 7.83. The molecule has 0 aliphatic rings. The number of anilines is 1. The summed E-state index contributed by atoms with van der Waals surface area (Å²) in [7, 11) is 1.56. The number of nitrogens with one attached hydrogen (secondary N) is 1. The first-order valence-corrected chi connectivity index (χ1v) is 10.8. The predicted octanol–water partition coefficient (Wildman–Crippen LogP) is 6.28. The molecule has 0 bridgehead atoms. The van der Waals surface area contributed by atoms with Crippen molar-refractivity contribution in [2.24, 2.45) is 0 Å². The van der Waals surface area contributed by atoms with Crippen LogP contribution < -0.4 is 14.8 Å². The molecule has 0 saturated heterocycles. The summed E-state index contributed by atoms with van der Waals surface area (Å²) in [6.07, 6.45) is 1.53. The van der Waals surface area contributed by atoms with Gasteiger partial charge in [-0.25, -0.2) is 0 Å². The summed E-state index contributed by atoms with van der Waals surface area (Å²) in [6.45, 7) is 2.32. The lowest BCUT2D eigenvalue weighted by molar-refractivity contribution is -0.112. The summed E-state index contributed by atoms with van der Waals surface area (Å²) in [4.78, 5) is 12.6. The van der Waals surface area contributed by atoms with E-state index >= 15 is 0 Å². The van der Waals surface area contributed by atoms with Crippen molar-refractivity contribution in [1.29, 1.82) is 5.26 Å². The van der Waals surface area contributed by atoms with Gasteiger partial charge in [-0.15, -0.1) is 0 Å². The van der Waals surface area contributed by atoms with Crippen LogP contribution in [0.1, 0.15) is 16.7 Å². The monoisotopic (exact) mass is 448 g/mol. The summed E-state index contributed by atoms with van der Waals surface area (Å²) in [5, 5.41) is 14.6. The van der Waals surface area contributed by atoms with Crippen molar-refractivity contribution in [3.8, 4) is 17.6 Å². The Bertz CT molecular complexity index is 1410. The van der Waals surface area contributed by atoms with Crippen molar-refractivity contribution >= 4 is 28.4 Å². The lowest BCUT2D eigenvalue weighted by Crippen LogP contribution is -2.13. The number of aryl methyl sites for hydroxylation is 1. The molecule has 1 amide bonds. The molecule has 0 aromatic heterocycles. The first-order valence-electron chi connectivity index (χ1n) is 10.8. The maximum atomic E-state index is 12.6. The number of rotatable bonds is 7. The van der Waals surface area contributed by atoms with E-state index in [4.69, 9.17) is 9.47 Å². The van der Waals surface area contributed by atoms with Gasteiger partial charge in [0.25, 0.3) is 5.91 Å². The minimum atomic E-state index is -0.469. The van der Waals surface area contributed by atoms with Crippen LogP contribution in [0.25, 0.3) is 16.8 Å². The largest absolute Gasteiger partial charge is 0.493 e. The number of hydrogen-bond donors (Lipinski definition) is 1. The van der Waals surface area contributed by atoms with Crippen LogP contribution in [-0.2, 0) is 11.4 Å². The first-order chi connectivity index (χ1) is 16.6. The molecule has 0 spiro atoms. The van der Waals surface area contributed by atoms with E-state index in [-0.39, 0.29) is 5.57 Å². The fraction of sp³-hybridized carbons (Fsp3) is 0.103. The minimum Gasteiger partial charge on any atom is -0.493 e. The Morgan fingerprint density at radius 2 is 1.76 bits per heavy atom. The van der Waals surface area contributed by atoms with Crippen molar-refractivity contribution in [2.45, 2.75) is 13.5 Å². The molecule has 34 heavy (non-hydrogen) atoms. The maximum absolute atomic E-state index is 12.6. The minimum absolute atomic E-state index is 0.00650. The molecule has 0 aliphatic carbocycles. The zero-order valence-electron chi connectivity index (χ0n) is 19.0. The Hall–Kier alpha value is -4.56. The zero-order valence-corrected chi connectivity index (χ0v) is 19.0. The van der Waals surface area contributed by atoms with E-state index in [0.29, 0.717) is 29.4 Å². The first kappa shape index (κ1) is 22.6. The van der Waals surface area contributed by atoms with Gasteiger partial charge < -0.3 is 14.8 Å². The number of benzene rings is 4. The summed E-state index contributed by atoms with van der Waals surface area (Å²) in [5.74, 6) is 0.629. The van der Waals surface area contributed by atoms with Crippen LogP contribution in [0, 0.1) is 18.3 Å². The summed E-state index contributed by atoms with van der Waals surface area (Å²) >= 11 is 0. The molecule has 4 rings (SSSR count). The van der Waals surface area contributed by atoms with Crippen molar-refractivity contribution < 1.29 is 14.3 Å². The number of carbonyl (C=O) groups is 1. The smallest absolute Gasteiger partial charge is 0.266 e. The highest BCUT2D eigenvalue weighted by molar-refractivity contribution is 6.09. The van der Waals surface area contributed by atoms with Gasteiger partial charge in [-0.1, -0.05) is 60.7 Å². The van der Waals surface area contributed by atoms with Gasteiger partial charge in [0.15, 0.2) is 11.5 Å². The van der Waals surface area contributed by atoms with E-state index < -0.39 is 5.91 Å². The molecule has 0 atom stereocenters. The predicted molar refractivity (Wildman–Crippen MR) is 135 cm³/mol. The Balaban J connectivity index is 1.52. The summed E-state index contributed by atoms with van der Waals surface area (Å²) < 4.78 is 11.6. The number of hydrogen-bond acceptors (Lipinski definition) is 4. The third-order valence-corrected chi connectivity index (χ3v) is 5.40. The molecule has 0 saturated carbocycles. The quantitative estimate of drug-likeness (QED) is 0.267. The Morgan fingerprint density at radius 1 is 0.971 bits per heavy atom. The van der Waals surface area contributed by atoms with Gasteiger partial charge in [-0.05, 0) is 64.7 Å². The van der Waals surface area contributed by atoms with Gasteiger partial charge in [0.1, 0.15) is 18.2 Å². The van der Waals surface area contributed by atoms with Gasteiger partial charge in [0.05, 0.1) is 7.11 Å². The standard InChI is InChI=1S/C29H24N2O3/c1-20-7-5-11-25(15-20)31-29(32)24(18-30)16-21-13-14-27(28(17-21)33-2)34-19-23-10-6-9-22-8-3-4-12-26(22)23/h3-17H,19H2,1-2H3,(H,31,32)/b24-16-. The highest BCUT2D eigenvalue weighted by atomic mass is 16.5. The summed E-state index contributed by atoms with van der Waals surface area (Å²) in [6, 6.07) is 29.0. The normalized spacial score (nSPS) is 11.0. The van der Waals surface area contributed by atoms with Crippen LogP contribution in [0.2, 0.25) is 0 Å². The van der Waals surface area contributed by atoms with Gasteiger partial charge in [-0.2, -0.15) is 5.26 Å². The molecule has 5 nitrogen and oxygen atoms in total. The van der Waals surface area contributed by atoms with E-state index in [9.17, 15) is 10.1 Å². The highest BCUT2D eigenvalue weighted by Gasteiger charge is 2.12. The molecule has 0 fully saturated rings. The highest BCUT2D eigenvalue weighted by Crippen LogP contribution is 2.30. The molecule has 5 heteroatoms. The maximum Gasteiger partial charge on any atom is 0.266 e. The fourth-order valence-corrected chi connectivity index (χ4v) is 3.70.